The average Bonchev–Trinajstić information content (AvgIpc) is 3.02. The summed E-state index contributed by atoms with van der Waals surface area (Å²) in [6.45, 7) is 4.51. The number of pyridine rings is 1. The normalized spacial score (nSPS) is 12.2. The van der Waals surface area contributed by atoms with E-state index in [4.69, 9.17) is 20.6 Å². The molecule has 0 amide bonds. The molecule has 0 N–H and O–H groups in total. The van der Waals surface area contributed by atoms with Crippen molar-refractivity contribution in [1.82, 2.24) is 9.55 Å². The molecule has 2 aromatic carbocycles. The van der Waals surface area contributed by atoms with Gasteiger partial charge in [-0.05, 0) is 43.2 Å². The monoisotopic (exact) mass is 478 g/mol. The molecule has 0 spiro atoms. The van der Waals surface area contributed by atoms with E-state index in [2.05, 4.69) is 4.98 Å². The first kappa shape index (κ1) is 22.9. The van der Waals surface area contributed by atoms with E-state index < -0.39 is 19.2 Å². The SMILES string of the molecule is CCOP(=O)(Cc1ccc(Cn2c3ccc(Cl)nc3c3c(F)cc(F)cc32)cc1)OCC. The van der Waals surface area contributed by atoms with Crippen LogP contribution in [0.25, 0.3) is 21.9 Å². The first-order valence-electron chi connectivity index (χ1n) is 10.2. The second-order valence-electron chi connectivity index (χ2n) is 7.29. The van der Waals surface area contributed by atoms with Crippen molar-refractivity contribution in [3.63, 3.8) is 0 Å². The maximum atomic E-state index is 14.6. The molecule has 5 nitrogen and oxygen atoms in total. The lowest BCUT2D eigenvalue weighted by molar-refractivity contribution is 0.219. The third-order valence-electron chi connectivity index (χ3n) is 5.08. The highest BCUT2D eigenvalue weighted by Crippen LogP contribution is 2.51. The Labute approximate surface area is 189 Å². The molecule has 9 heteroatoms. The van der Waals surface area contributed by atoms with E-state index in [1.807, 2.05) is 24.3 Å². The molecule has 4 rings (SSSR count). The third kappa shape index (κ3) is 4.57. The first-order valence-corrected chi connectivity index (χ1v) is 12.3. The van der Waals surface area contributed by atoms with Gasteiger partial charge in [0.15, 0.2) is 0 Å². The molecule has 0 saturated carbocycles. The van der Waals surface area contributed by atoms with E-state index in [1.54, 1.807) is 30.5 Å². The number of hydrogen-bond donors (Lipinski definition) is 0. The highest BCUT2D eigenvalue weighted by molar-refractivity contribution is 7.53. The Kier molecular flexibility index (Phi) is 6.63. The van der Waals surface area contributed by atoms with Gasteiger partial charge >= 0.3 is 7.60 Å². The number of rotatable bonds is 8. The molecule has 0 saturated heterocycles. The van der Waals surface area contributed by atoms with Crippen LogP contribution in [0.15, 0.2) is 48.5 Å². The third-order valence-corrected chi connectivity index (χ3v) is 7.35. The van der Waals surface area contributed by atoms with Gasteiger partial charge in [0.2, 0.25) is 0 Å². The topological polar surface area (TPSA) is 53.4 Å². The van der Waals surface area contributed by atoms with E-state index in [0.717, 1.165) is 17.2 Å². The summed E-state index contributed by atoms with van der Waals surface area (Å²) in [6, 6.07) is 13.0. The van der Waals surface area contributed by atoms with E-state index in [0.29, 0.717) is 36.3 Å². The Morgan fingerprint density at radius 2 is 1.62 bits per heavy atom. The van der Waals surface area contributed by atoms with Crippen LogP contribution in [0.1, 0.15) is 25.0 Å². The predicted molar refractivity (Wildman–Crippen MR) is 122 cm³/mol. The molecule has 0 radical (unpaired) electrons. The van der Waals surface area contributed by atoms with Gasteiger partial charge in [0.1, 0.15) is 22.3 Å². The molecule has 2 heterocycles. The summed E-state index contributed by atoms with van der Waals surface area (Å²) < 4.78 is 53.9. The zero-order valence-corrected chi connectivity index (χ0v) is 19.3. The molecular formula is C23H22ClF2N2O3P. The van der Waals surface area contributed by atoms with Gasteiger partial charge in [0.05, 0.1) is 35.8 Å². The lowest BCUT2D eigenvalue weighted by Gasteiger charge is -2.17. The Morgan fingerprint density at radius 1 is 0.969 bits per heavy atom. The fourth-order valence-corrected chi connectivity index (χ4v) is 5.66. The molecule has 4 aromatic rings. The van der Waals surface area contributed by atoms with Crippen LogP contribution in [0, 0.1) is 11.6 Å². The van der Waals surface area contributed by atoms with Gasteiger partial charge in [-0.1, -0.05) is 35.9 Å². The summed E-state index contributed by atoms with van der Waals surface area (Å²) in [4.78, 5) is 4.27. The van der Waals surface area contributed by atoms with Crippen LogP contribution < -0.4 is 0 Å². The maximum Gasteiger partial charge on any atom is 0.335 e. The van der Waals surface area contributed by atoms with Crippen molar-refractivity contribution in [3.8, 4) is 0 Å². The largest absolute Gasteiger partial charge is 0.335 e. The Hall–Kier alpha value is -2.31. The van der Waals surface area contributed by atoms with E-state index >= 15 is 0 Å². The van der Waals surface area contributed by atoms with Crippen LogP contribution >= 0.6 is 19.2 Å². The summed E-state index contributed by atoms with van der Waals surface area (Å²) in [5, 5.41) is 0.465. The minimum atomic E-state index is -3.20. The van der Waals surface area contributed by atoms with Crippen molar-refractivity contribution in [2.45, 2.75) is 26.6 Å². The molecule has 168 valence electrons. The second-order valence-corrected chi connectivity index (χ2v) is 9.73. The van der Waals surface area contributed by atoms with Crippen molar-refractivity contribution in [2.75, 3.05) is 13.2 Å². The summed E-state index contributed by atoms with van der Waals surface area (Å²) >= 11 is 6.03. The lowest BCUT2D eigenvalue weighted by Crippen LogP contribution is -2.01. The zero-order valence-electron chi connectivity index (χ0n) is 17.6. The molecule has 2 aromatic heterocycles. The molecule has 0 aliphatic rings. The molecule has 0 fully saturated rings. The van der Waals surface area contributed by atoms with Gasteiger partial charge in [0.25, 0.3) is 0 Å². The number of hydrogen-bond acceptors (Lipinski definition) is 4. The van der Waals surface area contributed by atoms with Gasteiger partial charge in [-0.3, -0.25) is 4.57 Å². The standard InChI is InChI=1S/C23H22ClF2N2O3P/c1-3-30-32(29,31-4-2)14-16-7-5-15(6-8-16)13-28-19-9-10-21(24)27-23(19)22-18(26)11-17(25)12-20(22)28/h5-12H,3-4,13-14H2,1-2H3. The lowest BCUT2D eigenvalue weighted by atomic mass is 10.1. The zero-order chi connectivity index (χ0) is 22.9. The van der Waals surface area contributed by atoms with Crippen LogP contribution in [-0.4, -0.2) is 22.8 Å². The number of fused-ring (bicyclic) bond motifs is 3. The molecule has 32 heavy (non-hydrogen) atoms. The Bertz CT molecular complexity index is 1310. The van der Waals surface area contributed by atoms with Crippen LogP contribution in [-0.2, 0) is 26.3 Å². The van der Waals surface area contributed by atoms with Gasteiger partial charge in [0, 0.05) is 12.6 Å². The molecule has 0 unspecified atom stereocenters. The Morgan fingerprint density at radius 3 is 2.28 bits per heavy atom. The van der Waals surface area contributed by atoms with Gasteiger partial charge in [-0.25, -0.2) is 13.8 Å². The summed E-state index contributed by atoms with van der Waals surface area (Å²) in [5.41, 5.74) is 3.14. The van der Waals surface area contributed by atoms with Crippen molar-refractivity contribution < 1.29 is 22.4 Å². The van der Waals surface area contributed by atoms with Crippen LogP contribution in [0.4, 0.5) is 8.78 Å². The summed E-state index contributed by atoms with van der Waals surface area (Å²) in [5.74, 6) is -1.35. The van der Waals surface area contributed by atoms with E-state index in [9.17, 15) is 13.3 Å². The molecule has 0 bridgehead atoms. The second kappa shape index (κ2) is 9.28. The number of aromatic nitrogens is 2. The first-order chi connectivity index (χ1) is 15.3. The number of halogens is 3. The molecular weight excluding hydrogens is 457 g/mol. The van der Waals surface area contributed by atoms with Crippen molar-refractivity contribution in [3.05, 3.63) is 76.4 Å². The van der Waals surface area contributed by atoms with Gasteiger partial charge in [-0.2, -0.15) is 0 Å². The average molecular weight is 479 g/mol. The molecule has 0 aliphatic carbocycles. The van der Waals surface area contributed by atoms with Gasteiger partial charge < -0.3 is 13.6 Å². The number of benzene rings is 2. The van der Waals surface area contributed by atoms with Crippen molar-refractivity contribution >= 4 is 41.1 Å². The van der Waals surface area contributed by atoms with Crippen LogP contribution in [0.2, 0.25) is 5.15 Å². The van der Waals surface area contributed by atoms with Crippen molar-refractivity contribution in [2.24, 2.45) is 0 Å². The van der Waals surface area contributed by atoms with E-state index in [-0.39, 0.29) is 16.7 Å². The molecule has 0 atom stereocenters. The van der Waals surface area contributed by atoms with E-state index in [1.165, 1.54) is 6.07 Å². The van der Waals surface area contributed by atoms with Crippen LogP contribution in [0.3, 0.4) is 0 Å². The fraction of sp³-hybridized carbons (Fsp3) is 0.261. The van der Waals surface area contributed by atoms with Crippen LogP contribution in [0.5, 0.6) is 0 Å². The van der Waals surface area contributed by atoms with Crippen molar-refractivity contribution in [1.29, 1.82) is 0 Å². The Balaban J connectivity index is 1.70. The highest BCUT2D eigenvalue weighted by Gasteiger charge is 2.24. The van der Waals surface area contributed by atoms with Gasteiger partial charge in [-0.15, -0.1) is 0 Å². The summed E-state index contributed by atoms with van der Waals surface area (Å²) in [6.07, 6.45) is 0.170. The minimum absolute atomic E-state index is 0.170. The summed E-state index contributed by atoms with van der Waals surface area (Å²) in [7, 11) is -3.20. The maximum absolute atomic E-state index is 14.6. The minimum Gasteiger partial charge on any atom is -0.334 e. The smallest absolute Gasteiger partial charge is 0.334 e. The highest BCUT2D eigenvalue weighted by atomic mass is 35.5. The quantitative estimate of drug-likeness (QED) is 0.203. The number of nitrogens with zero attached hydrogens (tertiary/aromatic N) is 2. The molecule has 0 aliphatic heterocycles. The predicted octanol–water partition coefficient (Wildman–Crippen LogP) is 6.94. The fourth-order valence-electron chi connectivity index (χ4n) is 3.82.